The number of halogens is 1. The van der Waals surface area contributed by atoms with E-state index < -0.39 is 17.9 Å². The van der Waals surface area contributed by atoms with Crippen LogP contribution in [0, 0.1) is 5.92 Å². The zero-order valence-electron chi connectivity index (χ0n) is 13.5. The SMILES string of the molecule is CCC(C)OC(=O)C(CCCCOc1cccc(Cl)c1)C(=O)O. The molecule has 6 heteroatoms. The van der Waals surface area contributed by atoms with Crippen LogP contribution < -0.4 is 4.74 Å². The Bertz CT molecular complexity index is 517. The van der Waals surface area contributed by atoms with Crippen LogP contribution in [0.15, 0.2) is 24.3 Å². The molecule has 0 bridgehead atoms. The second-order valence-corrected chi connectivity index (χ2v) is 5.78. The highest BCUT2D eigenvalue weighted by molar-refractivity contribution is 6.30. The highest BCUT2D eigenvalue weighted by Crippen LogP contribution is 2.18. The normalized spacial score (nSPS) is 13.2. The van der Waals surface area contributed by atoms with Gasteiger partial charge in [0.25, 0.3) is 0 Å². The van der Waals surface area contributed by atoms with Crippen molar-refractivity contribution in [3.63, 3.8) is 0 Å². The Labute approximate surface area is 141 Å². The van der Waals surface area contributed by atoms with Gasteiger partial charge in [-0.1, -0.05) is 24.6 Å². The van der Waals surface area contributed by atoms with Gasteiger partial charge < -0.3 is 14.6 Å². The molecule has 0 heterocycles. The van der Waals surface area contributed by atoms with Gasteiger partial charge in [0.2, 0.25) is 0 Å². The van der Waals surface area contributed by atoms with Crippen LogP contribution in [0.5, 0.6) is 5.75 Å². The second kappa shape index (κ2) is 10.1. The van der Waals surface area contributed by atoms with Gasteiger partial charge in [0, 0.05) is 5.02 Å². The van der Waals surface area contributed by atoms with E-state index in [9.17, 15) is 9.59 Å². The molecule has 2 atom stereocenters. The summed E-state index contributed by atoms with van der Waals surface area (Å²) in [7, 11) is 0. The van der Waals surface area contributed by atoms with Crippen molar-refractivity contribution < 1.29 is 24.2 Å². The molecule has 0 aliphatic heterocycles. The highest BCUT2D eigenvalue weighted by atomic mass is 35.5. The van der Waals surface area contributed by atoms with Gasteiger partial charge in [0.1, 0.15) is 5.75 Å². The van der Waals surface area contributed by atoms with E-state index >= 15 is 0 Å². The largest absolute Gasteiger partial charge is 0.494 e. The van der Waals surface area contributed by atoms with Crippen LogP contribution in [0.3, 0.4) is 0 Å². The van der Waals surface area contributed by atoms with E-state index in [-0.39, 0.29) is 12.5 Å². The third-order valence-corrected chi connectivity index (χ3v) is 3.66. The van der Waals surface area contributed by atoms with Crippen molar-refractivity contribution in [2.45, 2.75) is 45.6 Å². The number of carboxylic acids is 1. The molecule has 1 aromatic carbocycles. The number of carbonyl (C=O) groups excluding carboxylic acids is 1. The number of esters is 1. The molecule has 0 saturated heterocycles. The number of carbonyl (C=O) groups is 2. The number of benzene rings is 1. The van der Waals surface area contributed by atoms with E-state index in [0.717, 1.165) is 0 Å². The first-order chi connectivity index (χ1) is 10.9. The lowest BCUT2D eigenvalue weighted by molar-refractivity contribution is -0.162. The minimum Gasteiger partial charge on any atom is -0.494 e. The fraction of sp³-hybridized carbons (Fsp3) is 0.529. The first-order valence-corrected chi connectivity index (χ1v) is 8.13. The Kier molecular flexibility index (Phi) is 8.48. The standard InChI is InChI=1S/C17H23ClO5/c1-3-12(2)23-17(21)15(16(19)20)9-4-5-10-22-14-8-6-7-13(18)11-14/h6-8,11-12,15H,3-5,9-10H2,1-2H3,(H,19,20). The molecule has 0 aliphatic rings. The smallest absolute Gasteiger partial charge is 0.320 e. The molecule has 0 spiro atoms. The molecule has 0 aromatic heterocycles. The summed E-state index contributed by atoms with van der Waals surface area (Å²) in [6, 6.07) is 7.07. The predicted octanol–water partition coefficient (Wildman–Crippen LogP) is 3.93. The quantitative estimate of drug-likeness (QED) is 0.396. The third kappa shape index (κ3) is 7.37. The summed E-state index contributed by atoms with van der Waals surface area (Å²) in [4.78, 5) is 23.0. The van der Waals surface area contributed by atoms with Crippen LogP contribution in [-0.4, -0.2) is 29.8 Å². The monoisotopic (exact) mass is 342 g/mol. The van der Waals surface area contributed by atoms with Crippen LogP contribution in [0.25, 0.3) is 0 Å². The van der Waals surface area contributed by atoms with E-state index in [1.165, 1.54) is 0 Å². The lowest BCUT2D eigenvalue weighted by Gasteiger charge is -2.15. The fourth-order valence-electron chi connectivity index (χ4n) is 1.90. The lowest BCUT2D eigenvalue weighted by atomic mass is 10.0. The summed E-state index contributed by atoms with van der Waals surface area (Å²) < 4.78 is 10.6. The van der Waals surface area contributed by atoms with E-state index in [4.69, 9.17) is 26.2 Å². The van der Waals surface area contributed by atoms with Crippen molar-refractivity contribution in [2.75, 3.05) is 6.61 Å². The molecule has 1 N–H and O–H groups in total. The molecule has 0 fully saturated rings. The average molecular weight is 343 g/mol. The van der Waals surface area contributed by atoms with E-state index in [0.29, 0.717) is 36.6 Å². The van der Waals surface area contributed by atoms with E-state index in [1.807, 2.05) is 6.92 Å². The van der Waals surface area contributed by atoms with Crippen molar-refractivity contribution in [3.8, 4) is 5.75 Å². The molecule has 5 nitrogen and oxygen atoms in total. The Balaban J connectivity index is 2.33. The zero-order chi connectivity index (χ0) is 17.2. The van der Waals surface area contributed by atoms with Crippen molar-refractivity contribution in [2.24, 2.45) is 5.92 Å². The van der Waals surface area contributed by atoms with Gasteiger partial charge >= 0.3 is 11.9 Å². The van der Waals surface area contributed by atoms with Crippen molar-refractivity contribution in [1.29, 1.82) is 0 Å². The topological polar surface area (TPSA) is 72.8 Å². The lowest BCUT2D eigenvalue weighted by Crippen LogP contribution is -2.28. The van der Waals surface area contributed by atoms with Crippen molar-refractivity contribution in [1.82, 2.24) is 0 Å². The minimum absolute atomic E-state index is 0.240. The molecule has 0 saturated carbocycles. The molecule has 1 rings (SSSR count). The number of aliphatic carboxylic acids is 1. The van der Waals surface area contributed by atoms with Crippen LogP contribution in [0.2, 0.25) is 5.02 Å². The van der Waals surface area contributed by atoms with Crippen molar-refractivity contribution in [3.05, 3.63) is 29.3 Å². The first kappa shape index (κ1) is 19.3. The van der Waals surface area contributed by atoms with Gasteiger partial charge in [-0.25, -0.2) is 0 Å². The molecular formula is C17H23ClO5. The molecule has 23 heavy (non-hydrogen) atoms. The average Bonchev–Trinajstić information content (AvgIpc) is 2.50. The Hall–Kier alpha value is -1.75. The van der Waals surface area contributed by atoms with Gasteiger partial charge in [0.15, 0.2) is 5.92 Å². The predicted molar refractivity (Wildman–Crippen MR) is 87.8 cm³/mol. The summed E-state index contributed by atoms with van der Waals surface area (Å²) in [5.41, 5.74) is 0. The molecular weight excluding hydrogens is 320 g/mol. The van der Waals surface area contributed by atoms with Crippen LogP contribution >= 0.6 is 11.6 Å². The Morgan fingerprint density at radius 3 is 2.65 bits per heavy atom. The second-order valence-electron chi connectivity index (χ2n) is 5.35. The van der Waals surface area contributed by atoms with Gasteiger partial charge in [-0.2, -0.15) is 0 Å². The number of carboxylic acid groups (broad SMARTS) is 1. The van der Waals surface area contributed by atoms with E-state index in [1.54, 1.807) is 31.2 Å². The van der Waals surface area contributed by atoms with Gasteiger partial charge in [-0.05, 0) is 50.8 Å². The summed E-state index contributed by atoms with van der Waals surface area (Å²) in [6.07, 6.45) is 1.84. The molecule has 0 aliphatic carbocycles. The molecule has 1 aromatic rings. The fourth-order valence-corrected chi connectivity index (χ4v) is 2.08. The van der Waals surface area contributed by atoms with E-state index in [2.05, 4.69) is 0 Å². The Morgan fingerprint density at radius 1 is 1.30 bits per heavy atom. The Morgan fingerprint density at radius 2 is 2.04 bits per heavy atom. The van der Waals surface area contributed by atoms with Crippen molar-refractivity contribution >= 4 is 23.5 Å². The summed E-state index contributed by atoms with van der Waals surface area (Å²) >= 11 is 5.85. The van der Waals surface area contributed by atoms with Gasteiger partial charge in [-0.3, -0.25) is 9.59 Å². The number of hydrogen-bond donors (Lipinski definition) is 1. The first-order valence-electron chi connectivity index (χ1n) is 7.75. The zero-order valence-corrected chi connectivity index (χ0v) is 14.2. The summed E-state index contributed by atoms with van der Waals surface area (Å²) in [5.74, 6) is -2.25. The minimum atomic E-state index is -1.14. The maximum Gasteiger partial charge on any atom is 0.320 e. The summed E-state index contributed by atoms with van der Waals surface area (Å²) in [6.45, 7) is 4.06. The molecule has 128 valence electrons. The highest BCUT2D eigenvalue weighted by Gasteiger charge is 2.28. The maximum absolute atomic E-state index is 11.8. The third-order valence-electron chi connectivity index (χ3n) is 3.43. The number of unbranched alkanes of at least 4 members (excludes halogenated alkanes) is 1. The maximum atomic E-state index is 11.8. The van der Waals surface area contributed by atoms with Crippen LogP contribution in [-0.2, 0) is 14.3 Å². The molecule has 0 radical (unpaired) electrons. The summed E-state index contributed by atoms with van der Waals surface area (Å²) in [5, 5.41) is 9.75. The van der Waals surface area contributed by atoms with Gasteiger partial charge in [-0.15, -0.1) is 0 Å². The van der Waals surface area contributed by atoms with Crippen LogP contribution in [0.1, 0.15) is 39.5 Å². The van der Waals surface area contributed by atoms with Gasteiger partial charge in [0.05, 0.1) is 12.7 Å². The number of rotatable bonds is 10. The van der Waals surface area contributed by atoms with Crippen LogP contribution in [0.4, 0.5) is 0 Å². The molecule has 0 amide bonds. The molecule has 2 unspecified atom stereocenters. The number of hydrogen-bond acceptors (Lipinski definition) is 4. The number of ether oxygens (including phenoxy) is 2.